The molecule has 0 amide bonds. The number of hydrogen-bond donors (Lipinski definition) is 2. The average molecular weight is 308 g/mol. The van der Waals surface area contributed by atoms with Crippen LogP contribution < -0.4 is 11.5 Å². The topological polar surface area (TPSA) is 61.3 Å². The van der Waals surface area contributed by atoms with Gasteiger partial charge in [-0.1, -0.05) is 0 Å². The molecule has 3 heteroatoms. The van der Waals surface area contributed by atoms with E-state index in [9.17, 15) is 0 Å². The Morgan fingerprint density at radius 3 is 1.22 bits per heavy atom. The SMILES string of the molecule is C1CCOC1.Nc1cc2c3c(c1)CCc1cc(N)cc(c1-3)CC2. The van der Waals surface area contributed by atoms with Crippen molar-refractivity contribution in [2.45, 2.75) is 38.5 Å². The molecule has 5 rings (SSSR count). The number of ether oxygens (including phenoxy) is 1. The highest BCUT2D eigenvalue weighted by Crippen LogP contribution is 2.44. The van der Waals surface area contributed by atoms with E-state index in [4.69, 9.17) is 16.2 Å². The van der Waals surface area contributed by atoms with Crippen molar-refractivity contribution < 1.29 is 4.74 Å². The zero-order valence-corrected chi connectivity index (χ0v) is 13.5. The monoisotopic (exact) mass is 308 g/mol. The van der Waals surface area contributed by atoms with Crippen LogP contribution in [0.25, 0.3) is 11.1 Å². The van der Waals surface area contributed by atoms with E-state index in [0.29, 0.717) is 0 Å². The lowest BCUT2D eigenvalue weighted by Crippen LogP contribution is -2.15. The van der Waals surface area contributed by atoms with Crippen LogP contribution in [-0.2, 0) is 30.4 Å². The van der Waals surface area contributed by atoms with Crippen LogP contribution in [0.1, 0.15) is 35.1 Å². The summed E-state index contributed by atoms with van der Waals surface area (Å²) in [5.74, 6) is 0. The summed E-state index contributed by atoms with van der Waals surface area (Å²) in [6, 6.07) is 8.58. The Morgan fingerprint density at radius 1 is 0.609 bits per heavy atom. The van der Waals surface area contributed by atoms with Crippen LogP contribution in [0.15, 0.2) is 24.3 Å². The van der Waals surface area contributed by atoms with Gasteiger partial charge in [0, 0.05) is 24.6 Å². The third-order valence-corrected chi connectivity index (χ3v) is 5.05. The zero-order chi connectivity index (χ0) is 15.8. The number of nitrogen functional groups attached to an aromatic ring is 2. The van der Waals surface area contributed by atoms with Crippen molar-refractivity contribution in [1.29, 1.82) is 0 Å². The van der Waals surface area contributed by atoms with E-state index in [0.717, 1.165) is 50.3 Å². The maximum Gasteiger partial charge on any atom is 0.0466 e. The molecule has 1 fully saturated rings. The first kappa shape index (κ1) is 14.6. The van der Waals surface area contributed by atoms with Crippen molar-refractivity contribution in [2.24, 2.45) is 0 Å². The van der Waals surface area contributed by atoms with E-state index in [2.05, 4.69) is 24.3 Å². The molecule has 23 heavy (non-hydrogen) atoms. The van der Waals surface area contributed by atoms with Crippen molar-refractivity contribution >= 4 is 11.4 Å². The van der Waals surface area contributed by atoms with Crippen molar-refractivity contribution in [1.82, 2.24) is 0 Å². The third kappa shape index (κ3) is 2.70. The lowest BCUT2D eigenvalue weighted by atomic mass is 9.75. The first-order valence-corrected chi connectivity index (χ1v) is 8.63. The standard InChI is InChI=1S/C16H16N2.C4H8O/c17-13-5-9-1-2-10-6-14(18)8-12-4-3-11(7-13)15(9)16(10)12;1-2-4-5-3-1/h5-8H,1-4,17-18H2;1-4H2. The number of aryl methyl sites for hydroxylation is 4. The second-order valence-corrected chi connectivity index (χ2v) is 6.75. The van der Waals surface area contributed by atoms with E-state index >= 15 is 0 Å². The highest BCUT2D eigenvalue weighted by atomic mass is 16.5. The van der Waals surface area contributed by atoms with Gasteiger partial charge < -0.3 is 16.2 Å². The Labute approximate surface area is 137 Å². The molecule has 3 aliphatic rings. The van der Waals surface area contributed by atoms with Gasteiger partial charge in [0.15, 0.2) is 0 Å². The second kappa shape index (κ2) is 5.89. The normalized spacial score (nSPS) is 17.2. The number of hydrogen-bond acceptors (Lipinski definition) is 3. The fourth-order valence-corrected chi connectivity index (χ4v) is 4.07. The molecule has 0 saturated carbocycles. The van der Waals surface area contributed by atoms with Gasteiger partial charge >= 0.3 is 0 Å². The smallest absolute Gasteiger partial charge is 0.0466 e. The second-order valence-electron chi connectivity index (χ2n) is 6.75. The molecule has 3 nitrogen and oxygen atoms in total. The minimum Gasteiger partial charge on any atom is -0.399 e. The largest absolute Gasteiger partial charge is 0.399 e. The first-order chi connectivity index (χ1) is 11.2. The quantitative estimate of drug-likeness (QED) is 0.732. The fraction of sp³-hybridized carbons (Fsp3) is 0.400. The number of benzene rings is 2. The summed E-state index contributed by atoms with van der Waals surface area (Å²) in [4.78, 5) is 0. The predicted molar refractivity (Wildman–Crippen MR) is 95.6 cm³/mol. The lowest BCUT2D eigenvalue weighted by molar-refractivity contribution is 0.198. The fourth-order valence-electron chi connectivity index (χ4n) is 4.07. The Kier molecular flexibility index (Phi) is 3.74. The summed E-state index contributed by atoms with van der Waals surface area (Å²) in [6.45, 7) is 2.00. The van der Waals surface area contributed by atoms with Crippen LogP contribution in [0.5, 0.6) is 0 Å². The highest BCUT2D eigenvalue weighted by molar-refractivity contribution is 5.83. The lowest BCUT2D eigenvalue weighted by Gasteiger charge is -2.30. The van der Waals surface area contributed by atoms with Crippen molar-refractivity contribution in [3.05, 3.63) is 46.5 Å². The van der Waals surface area contributed by atoms with E-state index < -0.39 is 0 Å². The first-order valence-electron chi connectivity index (χ1n) is 8.63. The van der Waals surface area contributed by atoms with Gasteiger partial charge in [-0.15, -0.1) is 0 Å². The average Bonchev–Trinajstić information content (AvgIpc) is 3.11. The van der Waals surface area contributed by atoms with Crippen LogP contribution in [-0.4, -0.2) is 13.2 Å². The summed E-state index contributed by atoms with van der Waals surface area (Å²) in [5, 5.41) is 0. The highest BCUT2D eigenvalue weighted by Gasteiger charge is 2.26. The molecule has 0 radical (unpaired) electrons. The van der Waals surface area contributed by atoms with E-state index in [-0.39, 0.29) is 0 Å². The van der Waals surface area contributed by atoms with Crippen LogP contribution >= 0.6 is 0 Å². The molecule has 0 spiro atoms. The number of rotatable bonds is 0. The minimum absolute atomic E-state index is 0.908. The van der Waals surface area contributed by atoms with Crippen molar-refractivity contribution in [2.75, 3.05) is 24.7 Å². The van der Waals surface area contributed by atoms with Gasteiger partial charge in [0.2, 0.25) is 0 Å². The molecule has 2 aliphatic carbocycles. The molecule has 0 atom stereocenters. The third-order valence-electron chi connectivity index (χ3n) is 5.05. The molecular weight excluding hydrogens is 284 g/mol. The van der Waals surface area contributed by atoms with Gasteiger partial charge in [0.1, 0.15) is 0 Å². The molecule has 1 heterocycles. The van der Waals surface area contributed by atoms with Gasteiger partial charge in [-0.25, -0.2) is 0 Å². The maximum atomic E-state index is 6.00. The Morgan fingerprint density at radius 2 is 0.957 bits per heavy atom. The van der Waals surface area contributed by atoms with Gasteiger partial charge in [0.25, 0.3) is 0 Å². The number of anilines is 2. The maximum absolute atomic E-state index is 6.00. The van der Waals surface area contributed by atoms with Gasteiger partial charge in [-0.3, -0.25) is 0 Å². The van der Waals surface area contributed by atoms with Crippen molar-refractivity contribution in [3.63, 3.8) is 0 Å². The molecule has 0 aromatic heterocycles. The molecule has 0 unspecified atom stereocenters. The molecule has 1 saturated heterocycles. The van der Waals surface area contributed by atoms with Gasteiger partial charge in [-0.2, -0.15) is 0 Å². The van der Waals surface area contributed by atoms with Crippen LogP contribution in [0.4, 0.5) is 11.4 Å². The molecule has 0 bridgehead atoms. The predicted octanol–water partition coefficient (Wildman–Crippen LogP) is 3.51. The molecule has 2 aromatic rings. The summed E-state index contributed by atoms with van der Waals surface area (Å²) < 4.78 is 4.94. The Balaban J connectivity index is 0.000000233. The molecular formula is C20H24N2O. The van der Waals surface area contributed by atoms with Crippen molar-refractivity contribution in [3.8, 4) is 11.1 Å². The van der Waals surface area contributed by atoms with Crippen LogP contribution in [0.2, 0.25) is 0 Å². The van der Waals surface area contributed by atoms with E-state index in [1.807, 2.05) is 0 Å². The summed E-state index contributed by atoms with van der Waals surface area (Å²) >= 11 is 0. The Hall–Kier alpha value is -2.00. The van der Waals surface area contributed by atoms with Crippen LogP contribution in [0.3, 0.4) is 0 Å². The zero-order valence-electron chi connectivity index (χ0n) is 13.5. The summed E-state index contributed by atoms with van der Waals surface area (Å²) in [5.41, 5.74) is 22.4. The molecule has 4 N–H and O–H groups in total. The summed E-state index contributed by atoms with van der Waals surface area (Å²) in [6.07, 6.45) is 6.90. The van der Waals surface area contributed by atoms with Gasteiger partial charge in [-0.05, 0) is 96.2 Å². The minimum atomic E-state index is 0.908. The van der Waals surface area contributed by atoms with E-state index in [1.54, 1.807) is 0 Å². The number of nitrogens with two attached hydrogens (primary N) is 2. The molecule has 120 valence electrons. The van der Waals surface area contributed by atoms with Crippen LogP contribution in [0, 0.1) is 0 Å². The molecule has 1 aliphatic heterocycles. The Bertz CT molecular complexity index is 630. The summed E-state index contributed by atoms with van der Waals surface area (Å²) in [7, 11) is 0. The molecule has 2 aromatic carbocycles. The van der Waals surface area contributed by atoms with Gasteiger partial charge in [0.05, 0.1) is 0 Å². The van der Waals surface area contributed by atoms with E-state index in [1.165, 1.54) is 46.2 Å².